The third kappa shape index (κ3) is 2.54. The predicted octanol–water partition coefficient (Wildman–Crippen LogP) is 1.45. The van der Waals surface area contributed by atoms with Crippen LogP contribution in [0.1, 0.15) is 17.5 Å². The van der Waals surface area contributed by atoms with E-state index in [0.29, 0.717) is 0 Å². The van der Waals surface area contributed by atoms with E-state index in [9.17, 15) is 9.59 Å². The maximum Gasteiger partial charge on any atom is 0.229 e. The number of Topliss-reactive ketones (excluding diaryl/α,β-unsaturated/α-hetero) is 1. The van der Waals surface area contributed by atoms with Crippen LogP contribution in [-0.2, 0) is 22.4 Å². The van der Waals surface area contributed by atoms with Gasteiger partial charge in [-0.15, -0.1) is 0 Å². The van der Waals surface area contributed by atoms with Gasteiger partial charge >= 0.3 is 0 Å². The maximum absolute atomic E-state index is 12.0. The zero-order valence-electron chi connectivity index (χ0n) is 10.3. The van der Waals surface area contributed by atoms with Crippen molar-refractivity contribution in [1.82, 2.24) is 4.90 Å². The van der Waals surface area contributed by atoms with Gasteiger partial charge in [-0.1, -0.05) is 24.3 Å². The van der Waals surface area contributed by atoms with Gasteiger partial charge in [0.1, 0.15) is 5.78 Å². The Hall–Kier alpha value is -1.64. The fourth-order valence-corrected chi connectivity index (χ4v) is 2.24. The summed E-state index contributed by atoms with van der Waals surface area (Å²) in [6, 6.07) is 8.13. The summed E-state index contributed by atoms with van der Waals surface area (Å²) in [5.41, 5.74) is 2.51. The number of fused-ring (bicyclic) bond motifs is 1. The third-order valence-electron chi connectivity index (χ3n) is 3.33. The molecule has 0 fully saturated rings. The molecule has 1 aromatic carbocycles. The Labute approximate surface area is 101 Å². The largest absolute Gasteiger partial charge is 0.348 e. The van der Waals surface area contributed by atoms with Crippen LogP contribution in [0.15, 0.2) is 24.3 Å². The van der Waals surface area contributed by atoms with Crippen molar-refractivity contribution in [2.24, 2.45) is 5.92 Å². The van der Waals surface area contributed by atoms with Crippen LogP contribution in [0, 0.1) is 5.92 Å². The Bertz CT molecular complexity index is 426. The zero-order chi connectivity index (χ0) is 12.4. The lowest BCUT2D eigenvalue weighted by atomic mass is 9.98. The van der Waals surface area contributed by atoms with Gasteiger partial charge in [0.15, 0.2) is 0 Å². The number of carbonyl (C=O) groups is 2. The Morgan fingerprint density at radius 1 is 1.18 bits per heavy atom. The predicted molar refractivity (Wildman–Crippen MR) is 65.7 cm³/mol. The summed E-state index contributed by atoms with van der Waals surface area (Å²) >= 11 is 0. The Morgan fingerprint density at radius 3 is 2.18 bits per heavy atom. The van der Waals surface area contributed by atoms with Gasteiger partial charge in [-0.25, -0.2) is 0 Å². The molecule has 0 aliphatic heterocycles. The molecule has 0 unspecified atom stereocenters. The minimum atomic E-state index is -0.106. The Kier molecular flexibility index (Phi) is 3.27. The molecule has 0 atom stereocenters. The lowest BCUT2D eigenvalue weighted by Crippen LogP contribution is -2.27. The molecule has 0 saturated carbocycles. The number of ketones is 1. The number of nitrogens with zero attached hydrogens (tertiary/aromatic N) is 1. The van der Waals surface area contributed by atoms with Crippen LogP contribution in [0.25, 0.3) is 0 Å². The van der Waals surface area contributed by atoms with Gasteiger partial charge < -0.3 is 4.90 Å². The fourth-order valence-electron chi connectivity index (χ4n) is 2.24. The summed E-state index contributed by atoms with van der Waals surface area (Å²) in [5, 5.41) is 0. The fraction of sp³-hybridized carbons (Fsp3) is 0.429. The van der Waals surface area contributed by atoms with Gasteiger partial charge in [0.05, 0.1) is 6.42 Å². The van der Waals surface area contributed by atoms with E-state index >= 15 is 0 Å². The molecule has 3 nitrogen and oxygen atoms in total. The van der Waals surface area contributed by atoms with E-state index < -0.39 is 0 Å². The first-order valence-electron chi connectivity index (χ1n) is 5.87. The lowest BCUT2D eigenvalue weighted by Gasteiger charge is -2.12. The molecular formula is C14H17NO2. The summed E-state index contributed by atoms with van der Waals surface area (Å²) in [4.78, 5) is 24.9. The topological polar surface area (TPSA) is 37.4 Å². The molecule has 0 radical (unpaired) electrons. The van der Waals surface area contributed by atoms with Gasteiger partial charge in [0.25, 0.3) is 0 Å². The normalized spacial score (nSPS) is 14.5. The highest BCUT2D eigenvalue weighted by Gasteiger charge is 2.28. The molecule has 3 heteroatoms. The molecular weight excluding hydrogens is 214 g/mol. The van der Waals surface area contributed by atoms with Gasteiger partial charge in [-0.2, -0.15) is 0 Å². The van der Waals surface area contributed by atoms with Gasteiger partial charge in [-0.05, 0) is 24.0 Å². The minimum absolute atomic E-state index is 0.00343. The zero-order valence-corrected chi connectivity index (χ0v) is 10.3. The molecule has 0 aromatic heterocycles. The van der Waals surface area contributed by atoms with Crippen molar-refractivity contribution < 1.29 is 9.59 Å². The highest BCUT2D eigenvalue weighted by Crippen LogP contribution is 2.27. The summed E-state index contributed by atoms with van der Waals surface area (Å²) in [7, 11) is 3.36. The Morgan fingerprint density at radius 2 is 1.71 bits per heavy atom. The highest BCUT2D eigenvalue weighted by atomic mass is 16.2. The van der Waals surface area contributed by atoms with Crippen molar-refractivity contribution in [3.63, 3.8) is 0 Å². The molecule has 2 rings (SSSR count). The van der Waals surface area contributed by atoms with E-state index in [1.165, 1.54) is 16.0 Å². The first kappa shape index (κ1) is 11.8. The third-order valence-corrected chi connectivity index (χ3v) is 3.33. The maximum atomic E-state index is 12.0. The molecule has 0 bridgehead atoms. The second-order valence-electron chi connectivity index (χ2n) is 4.81. The first-order chi connectivity index (χ1) is 8.08. The second kappa shape index (κ2) is 4.70. The SMILES string of the molecule is CN(C)C(=O)CC(=O)C1Cc2ccccc2C1. The van der Waals surface area contributed by atoms with Crippen molar-refractivity contribution in [2.75, 3.05) is 14.1 Å². The number of amides is 1. The number of hydrogen-bond acceptors (Lipinski definition) is 2. The molecule has 0 heterocycles. The Balaban J connectivity index is 1.99. The summed E-state index contributed by atoms with van der Waals surface area (Å²) < 4.78 is 0. The van der Waals surface area contributed by atoms with Gasteiger partial charge in [0.2, 0.25) is 5.91 Å². The van der Waals surface area contributed by atoms with Crippen LogP contribution in [-0.4, -0.2) is 30.7 Å². The standard InChI is InChI=1S/C14H17NO2/c1-15(2)14(17)9-13(16)12-7-10-5-3-4-6-11(10)8-12/h3-6,12H,7-9H2,1-2H3. The molecule has 1 amide bonds. The van der Waals surface area contributed by atoms with Crippen molar-refractivity contribution in [1.29, 1.82) is 0 Å². The monoisotopic (exact) mass is 231 g/mol. The van der Waals surface area contributed by atoms with E-state index in [4.69, 9.17) is 0 Å². The summed E-state index contributed by atoms with van der Waals surface area (Å²) in [5.74, 6) is -0.0397. The molecule has 90 valence electrons. The first-order valence-corrected chi connectivity index (χ1v) is 5.87. The van der Waals surface area contributed by atoms with Crippen LogP contribution in [0.3, 0.4) is 0 Å². The van der Waals surface area contributed by atoms with Crippen LogP contribution in [0.5, 0.6) is 0 Å². The van der Waals surface area contributed by atoms with Crippen LogP contribution in [0.2, 0.25) is 0 Å². The van der Waals surface area contributed by atoms with E-state index in [1.54, 1.807) is 14.1 Å². The van der Waals surface area contributed by atoms with E-state index in [1.807, 2.05) is 12.1 Å². The van der Waals surface area contributed by atoms with Gasteiger partial charge in [-0.3, -0.25) is 9.59 Å². The number of rotatable bonds is 3. The quantitative estimate of drug-likeness (QED) is 0.738. The van der Waals surface area contributed by atoms with Crippen molar-refractivity contribution in [2.45, 2.75) is 19.3 Å². The molecule has 1 aliphatic rings. The van der Waals surface area contributed by atoms with E-state index in [2.05, 4.69) is 12.1 Å². The molecule has 17 heavy (non-hydrogen) atoms. The van der Waals surface area contributed by atoms with E-state index in [0.717, 1.165) is 12.8 Å². The molecule has 0 spiro atoms. The molecule has 0 N–H and O–H groups in total. The average Bonchev–Trinajstić information content (AvgIpc) is 2.72. The second-order valence-corrected chi connectivity index (χ2v) is 4.81. The van der Waals surface area contributed by atoms with Crippen LogP contribution in [0.4, 0.5) is 0 Å². The van der Waals surface area contributed by atoms with Crippen molar-refractivity contribution >= 4 is 11.7 Å². The minimum Gasteiger partial charge on any atom is -0.348 e. The molecule has 1 aromatic rings. The van der Waals surface area contributed by atoms with E-state index in [-0.39, 0.29) is 24.0 Å². The number of benzene rings is 1. The summed E-state index contributed by atoms with van der Waals surface area (Å²) in [6.45, 7) is 0. The van der Waals surface area contributed by atoms with Crippen LogP contribution >= 0.6 is 0 Å². The highest BCUT2D eigenvalue weighted by molar-refractivity contribution is 5.99. The smallest absolute Gasteiger partial charge is 0.229 e. The van der Waals surface area contributed by atoms with Crippen LogP contribution < -0.4 is 0 Å². The average molecular weight is 231 g/mol. The van der Waals surface area contributed by atoms with Gasteiger partial charge in [0, 0.05) is 20.0 Å². The lowest BCUT2D eigenvalue weighted by molar-refractivity contribution is -0.134. The van der Waals surface area contributed by atoms with Crippen molar-refractivity contribution in [3.8, 4) is 0 Å². The molecule has 0 saturated heterocycles. The van der Waals surface area contributed by atoms with Crippen molar-refractivity contribution in [3.05, 3.63) is 35.4 Å². The number of carbonyl (C=O) groups excluding carboxylic acids is 2. The summed E-state index contributed by atoms with van der Waals surface area (Å²) in [6.07, 6.45) is 1.61. The number of hydrogen-bond donors (Lipinski definition) is 0. The molecule has 1 aliphatic carbocycles.